The Hall–Kier alpha value is -4.00. The Labute approximate surface area is 218 Å². The smallest absolute Gasteiger partial charge is 0.415 e. The van der Waals surface area contributed by atoms with E-state index in [9.17, 15) is 18.8 Å². The van der Waals surface area contributed by atoms with Gasteiger partial charge in [0.05, 0.1) is 12.7 Å². The molecule has 3 N–H and O–H groups in total. The number of hydrogen-bond donors (Lipinski definition) is 3. The number of carbonyl (C=O) groups is 3. The number of likely N-dealkylation sites (N-methyl/N-ethyl adjacent to an activating group) is 1. The molecule has 0 bridgehead atoms. The molecule has 1 fully saturated rings. The summed E-state index contributed by atoms with van der Waals surface area (Å²) >= 11 is 0. The molecule has 1 aliphatic carbocycles. The summed E-state index contributed by atoms with van der Waals surface area (Å²) in [7, 11) is 0. The van der Waals surface area contributed by atoms with E-state index in [0.29, 0.717) is 56.8 Å². The van der Waals surface area contributed by atoms with Gasteiger partial charge in [0, 0.05) is 12.6 Å². The molecular weight excluding hydrogens is 499 g/mol. The zero-order chi connectivity index (χ0) is 26.6. The molecular formula is C25H29FN6O6. The number of benzene rings is 1. The van der Waals surface area contributed by atoms with Crippen LogP contribution in [0.1, 0.15) is 24.5 Å². The topological polar surface area (TPSA) is 144 Å². The maximum absolute atomic E-state index is 14.6. The summed E-state index contributed by atoms with van der Waals surface area (Å²) in [5.74, 6) is 0.335. The van der Waals surface area contributed by atoms with E-state index in [1.165, 1.54) is 17.2 Å². The first-order valence-corrected chi connectivity index (χ1v) is 12.6. The van der Waals surface area contributed by atoms with Gasteiger partial charge in [-0.25, -0.2) is 19.2 Å². The summed E-state index contributed by atoms with van der Waals surface area (Å²) in [5, 5.41) is 8.60. The molecule has 2 atom stereocenters. The molecule has 5 rings (SSSR count). The minimum Gasteiger partial charge on any atom is -0.484 e. The molecule has 1 aromatic carbocycles. The van der Waals surface area contributed by atoms with Gasteiger partial charge in [0.2, 0.25) is 0 Å². The third kappa shape index (κ3) is 5.77. The van der Waals surface area contributed by atoms with Crippen LogP contribution in [0.5, 0.6) is 11.6 Å². The second kappa shape index (κ2) is 11.2. The van der Waals surface area contributed by atoms with Crippen LogP contribution in [0.2, 0.25) is 0 Å². The maximum atomic E-state index is 14.6. The van der Waals surface area contributed by atoms with Crippen molar-refractivity contribution in [1.29, 1.82) is 0 Å². The van der Waals surface area contributed by atoms with Crippen molar-refractivity contribution in [2.45, 2.75) is 32.3 Å². The lowest BCUT2D eigenvalue weighted by molar-refractivity contribution is -0.123. The average molecular weight is 529 g/mol. The van der Waals surface area contributed by atoms with Gasteiger partial charge in [-0.05, 0) is 62.4 Å². The van der Waals surface area contributed by atoms with Gasteiger partial charge in [-0.2, -0.15) is 0 Å². The van der Waals surface area contributed by atoms with Gasteiger partial charge in [0.1, 0.15) is 17.7 Å². The zero-order valence-electron chi connectivity index (χ0n) is 20.9. The lowest BCUT2D eigenvalue weighted by Crippen LogP contribution is -2.30. The number of amides is 3. The fraction of sp³-hybridized carbons (Fsp3) is 0.480. The number of hydrogen-bond acceptors (Lipinski definition) is 9. The van der Waals surface area contributed by atoms with E-state index in [2.05, 4.69) is 25.9 Å². The first kappa shape index (κ1) is 25.6. The Balaban J connectivity index is 1.07. The third-order valence-electron chi connectivity index (χ3n) is 6.56. The van der Waals surface area contributed by atoms with Crippen molar-refractivity contribution < 1.29 is 33.0 Å². The Kier molecular flexibility index (Phi) is 7.54. The fourth-order valence-corrected chi connectivity index (χ4v) is 4.79. The predicted octanol–water partition coefficient (Wildman–Crippen LogP) is 1.18. The van der Waals surface area contributed by atoms with Crippen molar-refractivity contribution in [3.8, 4) is 11.6 Å². The molecule has 3 aliphatic rings. The molecule has 13 heteroatoms. The van der Waals surface area contributed by atoms with Crippen LogP contribution < -0.4 is 30.3 Å². The Morgan fingerprint density at radius 2 is 2.18 bits per heavy atom. The number of nitrogens with one attached hydrogen (secondary N) is 3. The second-order valence-corrected chi connectivity index (χ2v) is 9.39. The van der Waals surface area contributed by atoms with Crippen LogP contribution in [0.25, 0.3) is 0 Å². The highest BCUT2D eigenvalue weighted by Crippen LogP contribution is 2.32. The molecule has 12 nitrogen and oxygen atoms in total. The fourth-order valence-electron chi connectivity index (χ4n) is 4.79. The highest BCUT2D eigenvalue weighted by Gasteiger charge is 2.34. The van der Waals surface area contributed by atoms with E-state index in [1.54, 1.807) is 0 Å². The number of aromatic nitrogens is 2. The minimum absolute atomic E-state index is 0.127. The van der Waals surface area contributed by atoms with Crippen molar-refractivity contribution >= 4 is 29.5 Å². The first-order valence-electron chi connectivity index (χ1n) is 12.6. The third-order valence-corrected chi connectivity index (χ3v) is 6.56. The number of ether oxygens (including phenoxy) is 3. The molecule has 0 radical (unpaired) electrons. The maximum Gasteiger partial charge on any atom is 0.415 e. The largest absolute Gasteiger partial charge is 0.484 e. The number of halogens is 1. The van der Waals surface area contributed by atoms with Crippen molar-refractivity contribution in [2.75, 3.05) is 49.6 Å². The highest BCUT2D eigenvalue weighted by atomic mass is 19.1. The van der Waals surface area contributed by atoms with Gasteiger partial charge < -0.3 is 30.2 Å². The van der Waals surface area contributed by atoms with Crippen molar-refractivity contribution in [3.63, 3.8) is 0 Å². The number of rotatable bonds is 10. The van der Waals surface area contributed by atoms with E-state index < -0.39 is 6.09 Å². The van der Waals surface area contributed by atoms with Gasteiger partial charge in [-0.3, -0.25) is 14.5 Å². The quantitative estimate of drug-likeness (QED) is 0.387. The molecule has 1 aromatic heterocycles. The van der Waals surface area contributed by atoms with Crippen LogP contribution >= 0.6 is 0 Å². The van der Waals surface area contributed by atoms with Gasteiger partial charge >= 0.3 is 6.09 Å². The predicted molar refractivity (Wildman–Crippen MR) is 133 cm³/mol. The van der Waals surface area contributed by atoms with Gasteiger partial charge in [0.15, 0.2) is 24.8 Å². The van der Waals surface area contributed by atoms with Gasteiger partial charge in [0.25, 0.3) is 17.7 Å². The van der Waals surface area contributed by atoms with Crippen LogP contribution in [0.4, 0.5) is 20.8 Å². The summed E-state index contributed by atoms with van der Waals surface area (Å²) in [4.78, 5) is 45.3. The van der Waals surface area contributed by atoms with E-state index in [4.69, 9.17) is 14.2 Å². The Bertz CT molecular complexity index is 1240. The molecule has 202 valence electrons. The number of carbonyl (C=O) groups excluding carboxylic acids is 3. The van der Waals surface area contributed by atoms with Gasteiger partial charge in [-0.1, -0.05) is 0 Å². The molecule has 1 saturated heterocycles. The summed E-state index contributed by atoms with van der Waals surface area (Å²) in [6, 6.07) is 3.15. The lowest BCUT2D eigenvalue weighted by Gasteiger charge is -2.18. The first-order chi connectivity index (χ1) is 18.4. The summed E-state index contributed by atoms with van der Waals surface area (Å²) < 4.78 is 30.7. The van der Waals surface area contributed by atoms with E-state index in [0.717, 1.165) is 5.56 Å². The molecule has 3 amide bonds. The lowest BCUT2D eigenvalue weighted by atomic mass is 10.1. The van der Waals surface area contributed by atoms with Crippen LogP contribution in [-0.4, -0.2) is 73.4 Å². The van der Waals surface area contributed by atoms with Crippen LogP contribution in [0.3, 0.4) is 0 Å². The van der Waals surface area contributed by atoms with Crippen molar-refractivity contribution in [1.82, 2.24) is 20.6 Å². The molecule has 0 saturated carbocycles. The average Bonchev–Trinajstić information content (AvgIpc) is 3.48. The van der Waals surface area contributed by atoms with Crippen molar-refractivity contribution in [2.24, 2.45) is 5.92 Å². The van der Waals surface area contributed by atoms with Gasteiger partial charge in [-0.15, -0.1) is 0 Å². The minimum atomic E-state index is -0.528. The molecule has 2 aliphatic heterocycles. The van der Waals surface area contributed by atoms with E-state index in [1.807, 2.05) is 13.0 Å². The number of cyclic esters (lactones) is 1. The van der Waals surface area contributed by atoms with Crippen LogP contribution in [0, 0.1) is 11.7 Å². The van der Waals surface area contributed by atoms with E-state index in [-0.39, 0.29) is 60.4 Å². The molecule has 3 heterocycles. The Morgan fingerprint density at radius 1 is 1.32 bits per heavy atom. The normalized spacial score (nSPS) is 19.8. The summed E-state index contributed by atoms with van der Waals surface area (Å²) in [6.07, 6.45) is 2.47. The Morgan fingerprint density at radius 3 is 3.03 bits per heavy atom. The van der Waals surface area contributed by atoms with E-state index >= 15 is 0 Å². The van der Waals surface area contributed by atoms with Crippen LogP contribution in [-0.2, 0) is 27.2 Å². The van der Waals surface area contributed by atoms with Crippen LogP contribution in [0.15, 0.2) is 18.3 Å². The highest BCUT2D eigenvalue weighted by molar-refractivity contribution is 5.94. The molecule has 38 heavy (non-hydrogen) atoms. The monoisotopic (exact) mass is 528 g/mol. The summed E-state index contributed by atoms with van der Waals surface area (Å²) in [5.41, 5.74) is 1.59. The number of anilines is 2. The summed E-state index contributed by atoms with van der Waals surface area (Å²) in [6.45, 7) is 3.66. The SMILES string of the molecule is CCNC(=O)COc1cc(F)c2c(c1)CC(CNCCC1CN(c3cnc4c(n3)NC(=O)CO4)C(=O)O1)C2. The zero-order valence-corrected chi connectivity index (χ0v) is 20.9. The second-order valence-electron chi connectivity index (χ2n) is 9.39. The van der Waals surface area contributed by atoms with Crippen molar-refractivity contribution in [3.05, 3.63) is 35.3 Å². The standard InChI is InChI=1S/C25H29FN6O6/c1-2-28-21(33)12-36-17-7-15-5-14(6-18(15)19(26)8-17)9-27-4-3-16-11-32(25(35)38-16)20-10-29-24-23(30-20)31-22(34)13-37-24/h7-8,10,14,16,27H,2-6,9,11-13H2,1H3,(H,28,33)(H,30,31,34). The number of nitrogens with zero attached hydrogens (tertiary/aromatic N) is 3. The molecule has 2 aromatic rings. The molecule has 2 unspecified atom stereocenters. The molecule has 0 spiro atoms. The number of fused-ring (bicyclic) bond motifs is 2.